The zero-order valence-corrected chi connectivity index (χ0v) is 35.5. The number of nitrogens with two attached hydrogens (primary N) is 1. The van der Waals surface area contributed by atoms with Gasteiger partial charge in [-0.1, -0.05) is 25.1 Å². The third-order valence-electron chi connectivity index (χ3n) is 8.98. The lowest BCUT2D eigenvalue weighted by atomic mass is 9.93. The molecule has 0 bridgehead atoms. The first kappa shape index (κ1) is 45.4. The molecule has 4 aromatic rings. The molecule has 16 heteroatoms. The van der Waals surface area contributed by atoms with E-state index in [1.165, 1.54) is 50.2 Å². The molecular weight excluding hydrogens is 773 g/mol. The van der Waals surface area contributed by atoms with Crippen LogP contribution in [0.4, 0.5) is 35.6 Å². The van der Waals surface area contributed by atoms with Gasteiger partial charge in [0.2, 0.25) is 5.91 Å². The molecule has 4 N–H and O–H groups in total. The van der Waals surface area contributed by atoms with E-state index in [0.29, 0.717) is 10.5 Å². The Morgan fingerprint density at radius 3 is 2.05 bits per heavy atom. The average Bonchev–Trinajstić information content (AvgIpc) is 3.07. The van der Waals surface area contributed by atoms with Crippen molar-refractivity contribution < 1.29 is 46.2 Å². The number of aliphatic hydroxyl groups excluding tert-OH is 1. The number of nitrogens with zero attached hydrogens (tertiary/aromatic N) is 3. The molecule has 58 heavy (non-hydrogen) atoms. The number of pyridine rings is 1. The number of anilines is 3. The highest BCUT2D eigenvalue weighted by Crippen LogP contribution is 2.35. The normalized spacial score (nSPS) is 13.2. The van der Waals surface area contributed by atoms with Crippen molar-refractivity contribution in [2.45, 2.75) is 109 Å². The molecule has 0 aliphatic heterocycles. The molecule has 0 aliphatic rings. The highest BCUT2D eigenvalue weighted by Gasteiger charge is 2.36. The van der Waals surface area contributed by atoms with Crippen LogP contribution in [0, 0.1) is 18.6 Å². The standard InChI is InChI=1S/C42H53F2N5O8S/c1-23(2)58(54,55)36-28(17-29(45)19-33(36)44)21-48(11)38(51)35(27-12-13-31(24(3)16-27)25(4)22-50)47-30-18-26-14-15-46-37(34(26)32(43)20-30)49(39(52)56-41(5,6)7)40(53)57-42(8,9)10/h12-20,23,25,35,47,50H,21-22,45H2,1-11H3/t25-,35?/m1/s1. The van der Waals surface area contributed by atoms with Crippen LogP contribution in [-0.4, -0.2) is 71.6 Å². The Morgan fingerprint density at radius 1 is 0.914 bits per heavy atom. The molecule has 1 aromatic heterocycles. The number of hydrogen-bond acceptors (Lipinski definition) is 11. The molecule has 2 atom stereocenters. The molecule has 0 spiro atoms. The summed E-state index contributed by atoms with van der Waals surface area (Å²) in [6, 6.07) is 10.2. The smallest absolute Gasteiger partial charge is 0.425 e. The van der Waals surface area contributed by atoms with Crippen molar-refractivity contribution in [2.24, 2.45) is 0 Å². The molecule has 0 saturated carbocycles. The van der Waals surface area contributed by atoms with Crippen LogP contribution in [0.3, 0.4) is 0 Å². The van der Waals surface area contributed by atoms with Gasteiger partial charge in [-0.05, 0) is 120 Å². The van der Waals surface area contributed by atoms with Crippen LogP contribution in [0.25, 0.3) is 10.8 Å². The molecule has 0 saturated heterocycles. The summed E-state index contributed by atoms with van der Waals surface area (Å²) in [6.45, 7) is 15.6. The number of carbonyl (C=O) groups is 3. The molecule has 13 nitrogen and oxygen atoms in total. The first-order valence-corrected chi connectivity index (χ1v) is 20.2. The molecule has 3 amide bonds. The lowest BCUT2D eigenvalue weighted by molar-refractivity contribution is -0.131. The van der Waals surface area contributed by atoms with Gasteiger partial charge in [-0.25, -0.2) is 31.8 Å². The number of aromatic nitrogens is 1. The molecule has 0 aliphatic carbocycles. The van der Waals surface area contributed by atoms with Gasteiger partial charge in [-0.2, -0.15) is 4.90 Å². The number of carbonyl (C=O) groups excluding carboxylic acids is 3. The number of amides is 3. The molecule has 314 valence electrons. The highest BCUT2D eigenvalue weighted by atomic mass is 32.2. The van der Waals surface area contributed by atoms with E-state index in [-0.39, 0.29) is 52.6 Å². The summed E-state index contributed by atoms with van der Waals surface area (Å²) in [5, 5.41) is 11.9. The van der Waals surface area contributed by atoms with Crippen LogP contribution in [0.2, 0.25) is 0 Å². The van der Waals surface area contributed by atoms with Crippen molar-refractivity contribution in [3.63, 3.8) is 0 Å². The van der Waals surface area contributed by atoms with Gasteiger partial charge in [0.1, 0.15) is 33.8 Å². The maximum Gasteiger partial charge on any atom is 0.425 e. The number of sulfone groups is 1. The van der Waals surface area contributed by atoms with Crippen molar-refractivity contribution in [3.05, 3.63) is 88.6 Å². The van der Waals surface area contributed by atoms with E-state index in [4.69, 9.17) is 15.2 Å². The Morgan fingerprint density at radius 2 is 1.52 bits per heavy atom. The van der Waals surface area contributed by atoms with Crippen LogP contribution < -0.4 is 16.0 Å². The largest absolute Gasteiger partial charge is 0.443 e. The first-order chi connectivity index (χ1) is 26.7. The van der Waals surface area contributed by atoms with E-state index >= 15 is 8.78 Å². The van der Waals surface area contributed by atoms with E-state index in [2.05, 4.69) is 10.3 Å². The number of rotatable bonds is 11. The van der Waals surface area contributed by atoms with Gasteiger partial charge >= 0.3 is 12.2 Å². The van der Waals surface area contributed by atoms with Gasteiger partial charge < -0.3 is 30.5 Å². The summed E-state index contributed by atoms with van der Waals surface area (Å²) in [7, 11) is -2.73. The number of fused-ring (bicyclic) bond motifs is 1. The lowest BCUT2D eigenvalue weighted by Gasteiger charge is -2.29. The third kappa shape index (κ3) is 10.4. The summed E-state index contributed by atoms with van der Waals surface area (Å²) in [5.41, 5.74) is 5.94. The van der Waals surface area contributed by atoms with Crippen molar-refractivity contribution >= 4 is 55.9 Å². The molecular formula is C42H53F2N5O8S. The van der Waals surface area contributed by atoms with Gasteiger partial charge in [0.05, 0.1) is 10.6 Å². The summed E-state index contributed by atoms with van der Waals surface area (Å²) in [6.07, 6.45) is -1.01. The molecule has 4 rings (SSSR count). The van der Waals surface area contributed by atoms with Crippen molar-refractivity contribution in [2.75, 3.05) is 29.6 Å². The number of halogens is 2. The number of ether oxygens (including phenoxy) is 2. The summed E-state index contributed by atoms with van der Waals surface area (Å²) >= 11 is 0. The number of benzene rings is 3. The third-order valence-corrected chi connectivity index (χ3v) is 11.2. The van der Waals surface area contributed by atoms with E-state index in [1.54, 1.807) is 59.7 Å². The minimum absolute atomic E-state index is 0.0274. The SMILES string of the molecule is Cc1cc(C(Nc2cc(F)c3c(N(C(=O)OC(C)(C)C)C(=O)OC(C)(C)C)nccc3c2)C(=O)N(C)Cc2cc(N)cc(F)c2S(=O)(=O)C(C)C)ccc1[C@H](C)CO. The van der Waals surface area contributed by atoms with Crippen LogP contribution in [0.15, 0.2) is 59.6 Å². The van der Waals surface area contributed by atoms with Crippen molar-refractivity contribution in [1.82, 2.24) is 9.88 Å². The maximum atomic E-state index is 16.5. The molecule has 1 unspecified atom stereocenters. The fourth-order valence-corrected chi connectivity index (χ4v) is 7.54. The minimum atomic E-state index is -4.15. The molecule has 1 heterocycles. The Balaban J connectivity index is 1.85. The summed E-state index contributed by atoms with van der Waals surface area (Å²) in [5.74, 6) is -3.15. The zero-order chi connectivity index (χ0) is 43.7. The Labute approximate surface area is 338 Å². The predicted molar refractivity (Wildman–Crippen MR) is 219 cm³/mol. The van der Waals surface area contributed by atoms with Crippen LogP contribution in [-0.2, 0) is 30.7 Å². The van der Waals surface area contributed by atoms with E-state index in [9.17, 15) is 27.9 Å². The number of nitrogens with one attached hydrogen (secondary N) is 1. The van der Waals surface area contributed by atoms with Gasteiger partial charge in [-0.3, -0.25) is 4.79 Å². The second kappa shape index (κ2) is 17.2. The second-order valence-electron chi connectivity index (χ2n) is 16.5. The van der Waals surface area contributed by atoms with Gasteiger partial charge in [0, 0.05) is 43.7 Å². The number of aryl methyl sites for hydroxylation is 1. The van der Waals surface area contributed by atoms with E-state index in [1.807, 2.05) is 13.8 Å². The number of imide groups is 1. The Kier molecular flexibility index (Phi) is 13.5. The predicted octanol–water partition coefficient (Wildman–Crippen LogP) is 8.17. The lowest BCUT2D eigenvalue weighted by Crippen LogP contribution is -2.44. The number of likely N-dealkylation sites (N-methyl/N-ethyl adjacent to an activating group) is 1. The molecule has 0 fully saturated rings. The fraction of sp³-hybridized carbons (Fsp3) is 0.429. The van der Waals surface area contributed by atoms with Crippen LogP contribution >= 0.6 is 0 Å². The molecule has 3 aromatic carbocycles. The fourth-order valence-electron chi connectivity index (χ4n) is 6.25. The van der Waals surface area contributed by atoms with Gasteiger partial charge in [0.25, 0.3) is 0 Å². The quantitative estimate of drug-likeness (QED) is 0.124. The number of nitrogen functional groups attached to an aromatic ring is 1. The van der Waals surface area contributed by atoms with Crippen molar-refractivity contribution in [3.8, 4) is 0 Å². The average molecular weight is 826 g/mol. The monoisotopic (exact) mass is 825 g/mol. The highest BCUT2D eigenvalue weighted by molar-refractivity contribution is 7.92. The summed E-state index contributed by atoms with van der Waals surface area (Å²) < 4.78 is 69.3. The Bertz CT molecular complexity index is 2300. The minimum Gasteiger partial charge on any atom is -0.443 e. The van der Waals surface area contributed by atoms with Gasteiger partial charge in [-0.15, -0.1) is 0 Å². The number of hydrogen-bond donors (Lipinski definition) is 3. The van der Waals surface area contributed by atoms with E-state index in [0.717, 1.165) is 23.3 Å². The Hall–Kier alpha value is -5.35. The van der Waals surface area contributed by atoms with Crippen LogP contribution in [0.1, 0.15) is 96.5 Å². The van der Waals surface area contributed by atoms with Crippen molar-refractivity contribution in [1.29, 1.82) is 0 Å². The molecule has 0 radical (unpaired) electrons. The second-order valence-corrected chi connectivity index (χ2v) is 19.0. The first-order valence-electron chi connectivity index (χ1n) is 18.6. The summed E-state index contributed by atoms with van der Waals surface area (Å²) in [4.78, 5) is 46.8. The van der Waals surface area contributed by atoms with E-state index < -0.39 is 67.0 Å². The topological polar surface area (TPSA) is 181 Å². The van der Waals surface area contributed by atoms with Crippen LogP contribution in [0.5, 0.6) is 0 Å². The zero-order valence-electron chi connectivity index (χ0n) is 34.7. The van der Waals surface area contributed by atoms with Gasteiger partial charge in [0.15, 0.2) is 15.7 Å². The maximum absolute atomic E-state index is 16.5. The number of aliphatic hydroxyl groups is 1.